The van der Waals surface area contributed by atoms with Crippen LogP contribution in [-0.4, -0.2) is 50.4 Å². The zero-order chi connectivity index (χ0) is 25.8. The smallest absolute Gasteiger partial charge is 0.416 e. The van der Waals surface area contributed by atoms with Gasteiger partial charge in [-0.2, -0.15) is 13.2 Å². The van der Waals surface area contributed by atoms with E-state index in [1.165, 1.54) is 16.7 Å². The van der Waals surface area contributed by atoms with Crippen LogP contribution >= 0.6 is 0 Å². The van der Waals surface area contributed by atoms with Gasteiger partial charge in [-0.05, 0) is 55.7 Å². The second kappa shape index (κ2) is 8.82. The lowest BCUT2D eigenvalue weighted by atomic mass is 9.90. The van der Waals surface area contributed by atoms with Gasteiger partial charge >= 0.3 is 23.9 Å². The molecule has 2 aliphatic carbocycles. The molecule has 5 rings (SSSR count). The minimum atomic E-state index is -4.59. The van der Waals surface area contributed by atoms with E-state index in [4.69, 9.17) is 4.74 Å². The molecule has 1 aromatic carbocycles. The molecule has 1 atom stereocenters. The van der Waals surface area contributed by atoms with Crippen LogP contribution in [0.1, 0.15) is 71.2 Å². The number of aromatic nitrogens is 2. The largest absolute Gasteiger partial charge is 0.477 e. The van der Waals surface area contributed by atoms with Crippen molar-refractivity contribution < 1.29 is 32.6 Å². The molecule has 1 amide bonds. The lowest BCUT2D eigenvalue weighted by Gasteiger charge is -2.34. The van der Waals surface area contributed by atoms with Crippen LogP contribution in [0, 0.1) is 0 Å². The van der Waals surface area contributed by atoms with E-state index in [0.717, 1.165) is 16.8 Å². The van der Waals surface area contributed by atoms with E-state index in [0.29, 0.717) is 38.8 Å². The summed E-state index contributed by atoms with van der Waals surface area (Å²) in [6.45, 7) is 0.813. The SMILES string of the molecule is O=C(O)c1cn([C@H]2CC[C@@H](N3CCOC3=O)CC2)c(=O)n(C2CCc3c2cccc3C(F)(F)F)c1=O. The molecule has 2 aromatic rings. The number of fused-ring (bicyclic) bond motifs is 1. The van der Waals surface area contributed by atoms with Crippen LogP contribution < -0.4 is 11.2 Å². The van der Waals surface area contributed by atoms with Crippen molar-refractivity contribution in [2.45, 2.75) is 62.8 Å². The summed E-state index contributed by atoms with van der Waals surface area (Å²) in [7, 11) is 0. The molecule has 0 radical (unpaired) electrons. The molecule has 1 aliphatic heterocycles. The average Bonchev–Trinajstić information content (AvgIpc) is 3.45. The normalized spacial score (nSPS) is 24.0. The van der Waals surface area contributed by atoms with Crippen molar-refractivity contribution in [2.75, 3.05) is 13.2 Å². The Morgan fingerprint density at radius 2 is 1.72 bits per heavy atom. The number of ether oxygens (including phenoxy) is 1. The van der Waals surface area contributed by atoms with Gasteiger partial charge in [0.05, 0.1) is 18.2 Å². The highest BCUT2D eigenvalue weighted by atomic mass is 19.4. The summed E-state index contributed by atoms with van der Waals surface area (Å²) in [5.41, 5.74) is -2.98. The Morgan fingerprint density at radius 3 is 2.33 bits per heavy atom. The molecule has 12 heteroatoms. The number of hydrogen-bond donors (Lipinski definition) is 1. The first-order chi connectivity index (χ1) is 17.1. The molecule has 1 N–H and O–H groups in total. The molecule has 1 saturated heterocycles. The lowest BCUT2D eigenvalue weighted by molar-refractivity contribution is -0.138. The number of nitrogens with zero attached hydrogens (tertiary/aromatic N) is 3. The van der Waals surface area contributed by atoms with Gasteiger partial charge in [0.2, 0.25) is 0 Å². The Kier molecular flexibility index (Phi) is 5.92. The number of carbonyl (C=O) groups is 2. The number of alkyl halides is 3. The Hall–Kier alpha value is -3.57. The van der Waals surface area contributed by atoms with Crippen LogP contribution in [0.25, 0.3) is 0 Å². The number of aromatic carboxylic acids is 1. The molecule has 3 aliphatic rings. The topological polar surface area (TPSA) is 111 Å². The van der Waals surface area contributed by atoms with E-state index in [2.05, 4.69) is 0 Å². The summed E-state index contributed by atoms with van der Waals surface area (Å²) in [6.07, 6.45) is -1.79. The molecule has 36 heavy (non-hydrogen) atoms. The van der Waals surface area contributed by atoms with E-state index < -0.39 is 46.6 Å². The summed E-state index contributed by atoms with van der Waals surface area (Å²) in [5, 5.41) is 9.67. The maximum atomic E-state index is 13.6. The summed E-state index contributed by atoms with van der Waals surface area (Å²) in [4.78, 5) is 52.1. The summed E-state index contributed by atoms with van der Waals surface area (Å²) < 4.78 is 47.6. The highest BCUT2D eigenvalue weighted by Crippen LogP contribution is 2.41. The minimum Gasteiger partial charge on any atom is -0.477 e. The second-order valence-electron chi connectivity index (χ2n) is 9.41. The molecule has 0 bridgehead atoms. The van der Waals surface area contributed by atoms with Gasteiger partial charge in [-0.15, -0.1) is 0 Å². The number of amides is 1. The fraction of sp³-hybridized carbons (Fsp3) is 0.500. The molecular formula is C24H24F3N3O6. The predicted molar refractivity (Wildman–Crippen MR) is 119 cm³/mol. The fourth-order valence-electron chi connectivity index (χ4n) is 5.83. The lowest BCUT2D eigenvalue weighted by Crippen LogP contribution is -2.46. The number of benzene rings is 1. The third-order valence-corrected chi connectivity index (χ3v) is 7.52. The van der Waals surface area contributed by atoms with E-state index in [9.17, 15) is 37.5 Å². The second-order valence-corrected chi connectivity index (χ2v) is 9.41. The van der Waals surface area contributed by atoms with Gasteiger partial charge in [0.15, 0.2) is 0 Å². The van der Waals surface area contributed by atoms with Gasteiger partial charge in [0.25, 0.3) is 5.56 Å². The zero-order valence-corrected chi connectivity index (χ0v) is 19.2. The maximum absolute atomic E-state index is 13.6. The highest BCUT2D eigenvalue weighted by Gasteiger charge is 2.39. The van der Waals surface area contributed by atoms with Crippen LogP contribution in [-0.2, 0) is 17.3 Å². The first-order valence-corrected chi connectivity index (χ1v) is 11.8. The third-order valence-electron chi connectivity index (χ3n) is 7.52. The quantitative estimate of drug-likeness (QED) is 0.681. The van der Waals surface area contributed by atoms with Crippen LogP contribution in [0.15, 0.2) is 34.0 Å². The maximum Gasteiger partial charge on any atom is 0.416 e. The number of halogens is 3. The first-order valence-electron chi connectivity index (χ1n) is 11.8. The van der Waals surface area contributed by atoms with Crippen molar-refractivity contribution in [1.29, 1.82) is 0 Å². The number of carbonyl (C=O) groups excluding carboxylic acids is 1. The molecule has 0 spiro atoms. The minimum absolute atomic E-state index is 0.00983. The van der Waals surface area contributed by atoms with Crippen molar-refractivity contribution in [3.63, 3.8) is 0 Å². The Labute approximate surface area is 202 Å². The van der Waals surface area contributed by atoms with Crippen molar-refractivity contribution >= 4 is 12.1 Å². The van der Waals surface area contributed by atoms with Gasteiger partial charge < -0.3 is 14.7 Å². The van der Waals surface area contributed by atoms with Gasteiger partial charge in [-0.3, -0.25) is 13.9 Å². The molecule has 2 heterocycles. The third kappa shape index (κ3) is 3.97. The molecule has 1 saturated carbocycles. The average molecular weight is 507 g/mol. The number of cyclic esters (lactones) is 1. The highest BCUT2D eigenvalue weighted by molar-refractivity contribution is 5.86. The molecule has 9 nitrogen and oxygen atoms in total. The van der Waals surface area contributed by atoms with Gasteiger partial charge in [0, 0.05) is 18.3 Å². The Bertz CT molecular complexity index is 1340. The van der Waals surface area contributed by atoms with Crippen molar-refractivity contribution in [1.82, 2.24) is 14.0 Å². The van der Waals surface area contributed by atoms with Gasteiger partial charge in [-0.1, -0.05) is 12.1 Å². The summed E-state index contributed by atoms with van der Waals surface area (Å²) >= 11 is 0. The van der Waals surface area contributed by atoms with Crippen molar-refractivity contribution in [3.8, 4) is 0 Å². The van der Waals surface area contributed by atoms with Gasteiger partial charge in [-0.25, -0.2) is 14.4 Å². The van der Waals surface area contributed by atoms with Crippen LogP contribution in [0.5, 0.6) is 0 Å². The van der Waals surface area contributed by atoms with E-state index >= 15 is 0 Å². The summed E-state index contributed by atoms with van der Waals surface area (Å²) in [6, 6.07) is 2.18. The number of carboxylic acid groups (broad SMARTS) is 1. The van der Waals surface area contributed by atoms with Crippen molar-refractivity contribution in [2.24, 2.45) is 0 Å². The van der Waals surface area contributed by atoms with E-state index in [-0.39, 0.29) is 36.1 Å². The molecule has 1 unspecified atom stereocenters. The first kappa shape index (κ1) is 24.1. The predicted octanol–water partition coefficient (Wildman–Crippen LogP) is 3.20. The molecule has 1 aromatic heterocycles. The summed E-state index contributed by atoms with van der Waals surface area (Å²) in [5.74, 6) is -1.52. The number of hydrogen-bond acceptors (Lipinski definition) is 5. The Balaban J connectivity index is 1.53. The monoisotopic (exact) mass is 507 g/mol. The zero-order valence-electron chi connectivity index (χ0n) is 19.2. The molecular weight excluding hydrogens is 483 g/mol. The number of carboxylic acids is 1. The molecule has 192 valence electrons. The molecule has 2 fully saturated rings. The number of rotatable bonds is 4. The van der Waals surface area contributed by atoms with Crippen LogP contribution in [0.4, 0.5) is 18.0 Å². The Morgan fingerprint density at radius 1 is 1.03 bits per heavy atom. The van der Waals surface area contributed by atoms with Crippen molar-refractivity contribution in [3.05, 3.63) is 67.5 Å². The van der Waals surface area contributed by atoms with E-state index in [1.54, 1.807) is 4.90 Å². The van der Waals surface area contributed by atoms with Crippen LogP contribution in [0.2, 0.25) is 0 Å². The fourth-order valence-corrected chi connectivity index (χ4v) is 5.83. The standard InChI is InChI=1S/C24H24F3N3O6/c25-24(26,27)18-3-1-2-16-15(18)8-9-19(16)30-20(31)17(21(32)33)12-29(22(30)34)14-6-4-13(5-7-14)28-10-11-36-23(28)35/h1-3,12-14,19H,4-11H2,(H,32,33)/t13-,14+,19?. The van der Waals surface area contributed by atoms with E-state index in [1.807, 2.05) is 0 Å². The van der Waals surface area contributed by atoms with Gasteiger partial charge in [0.1, 0.15) is 12.2 Å². The van der Waals surface area contributed by atoms with Crippen LogP contribution in [0.3, 0.4) is 0 Å².